The van der Waals surface area contributed by atoms with Gasteiger partial charge in [-0.15, -0.1) is 0 Å². The molecule has 4 rings (SSSR count). The quantitative estimate of drug-likeness (QED) is 0.676. The van der Waals surface area contributed by atoms with Crippen LogP contribution in [-0.4, -0.2) is 15.8 Å². The topological polar surface area (TPSA) is 45.2 Å². The number of pyridine rings is 1. The van der Waals surface area contributed by atoms with Crippen LogP contribution >= 0.6 is 23.2 Å². The second-order valence-corrected chi connectivity index (χ2v) is 6.86. The van der Waals surface area contributed by atoms with E-state index >= 15 is 0 Å². The zero-order valence-electron chi connectivity index (χ0n) is 13.7. The van der Waals surface area contributed by atoms with Crippen molar-refractivity contribution in [1.29, 1.82) is 0 Å². The van der Waals surface area contributed by atoms with Gasteiger partial charge in [0.2, 0.25) is 0 Å². The van der Waals surface area contributed by atoms with Gasteiger partial charge in [0.15, 0.2) is 0 Å². The zero-order chi connectivity index (χ0) is 18.1. The van der Waals surface area contributed by atoms with Crippen molar-refractivity contribution in [3.8, 4) is 0 Å². The molecule has 0 aliphatic carbocycles. The van der Waals surface area contributed by atoms with Crippen LogP contribution in [0.2, 0.25) is 10.0 Å². The summed E-state index contributed by atoms with van der Waals surface area (Å²) in [6, 6.07) is 18.7. The number of nitrogens with zero attached hydrogens (tertiary/aromatic N) is 2. The molecule has 1 atom stereocenters. The molecule has 26 heavy (non-hydrogen) atoms. The largest absolute Gasteiger partial charge is 0.346 e. The maximum atomic E-state index is 13.0. The van der Waals surface area contributed by atoms with Crippen molar-refractivity contribution in [3.05, 3.63) is 93.6 Å². The second kappa shape index (κ2) is 6.98. The van der Waals surface area contributed by atoms with Crippen LogP contribution in [0, 0.1) is 0 Å². The first kappa shape index (κ1) is 16.9. The maximum Gasteiger partial charge on any atom is 0.256 e. The molecule has 1 aliphatic rings. The lowest BCUT2D eigenvalue weighted by Gasteiger charge is -2.27. The molecule has 3 aromatic rings. The van der Waals surface area contributed by atoms with Crippen LogP contribution in [0.3, 0.4) is 0 Å². The summed E-state index contributed by atoms with van der Waals surface area (Å²) in [6.07, 6.45) is 1.24. The molecule has 1 unspecified atom stereocenters. The molecule has 2 aromatic carbocycles. The van der Waals surface area contributed by atoms with Crippen molar-refractivity contribution in [2.45, 2.75) is 12.7 Å². The van der Waals surface area contributed by atoms with Gasteiger partial charge < -0.3 is 10.2 Å². The second-order valence-electron chi connectivity index (χ2n) is 6.02. The average Bonchev–Trinajstić information content (AvgIpc) is 2.91. The number of aromatic nitrogens is 1. The Morgan fingerprint density at radius 3 is 2.54 bits per heavy atom. The Hall–Kier alpha value is -2.56. The number of halogens is 2. The number of hydrogen-bond acceptors (Lipinski definition) is 3. The number of hydrogen-bond donors (Lipinski definition) is 1. The van der Waals surface area contributed by atoms with Crippen molar-refractivity contribution in [1.82, 2.24) is 9.88 Å². The molecule has 6 heteroatoms. The monoisotopic (exact) mass is 383 g/mol. The Morgan fingerprint density at radius 1 is 1.00 bits per heavy atom. The Bertz CT molecular complexity index is 959. The van der Waals surface area contributed by atoms with Gasteiger partial charge in [-0.1, -0.05) is 59.6 Å². The number of carbonyl (C=O) groups is 1. The van der Waals surface area contributed by atoms with E-state index in [0.29, 0.717) is 28.0 Å². The summed E-state index contributed by atoms with van der Waals surface area (Å²) in [5.41, 5.74) is 2.50. The summed E-state index contributed by atoms with van der Waals surface area (Å²) < 4.78 is 0. The predicted octanol–water partition coefficient (Wildman–Crippen LogP) is 5.16. The lowest BCUT2D eigenvalue weighted by atomic mass is 10.1. The van der Waals surface area contributed by atoms with E-state index in [-0.39, 0.29) is 12.1 Å². The number of benzene rings is 2. The first-order valence-electron chi connectivity index (χ1n) is 8.15. The van der Waals surface area contributed by atoms with Crippen LogP contribution in [0.4, 0.5) is 5.82 Å². The standard InChI is InChI=1S/C20H15Cl2N3O/c21-14-9-10-18(23-11-14)24-19-15-6-2-3-7-16(15)20(26)25(19)12-13-5-1-4-8-17(13)22/h1-11,19H,12H2,(H,23,24). The van der Waals surface area contributed by atoms with E-state index in [0.717, 1.165) is 11.1 Å². The van der Waals surface area contributed by atoms with E-state index in [1.807, 2.05) is 48.5 Å². The number of fused-ring (bicyclic) bond motifs is 1. The minimum Gasteiger partial charge on any atom is -0.346 e. The van der Waals surface area contributed by atoms with E-state index in [4.69, 9.17) is 23.2 Å². The number of anilines is 1. The first-order chi connectivity index (χ1) is 12.6. The average molecular weight is 384 g/mol. The fraction of sp³-hybridized carbons (Fsp3) is 0.100. The van der Waals surface area contributed by atoms with Gasteiger partial charge in [0.25, 0.3) is 5.91 Å². The molecule has 1 N–H and O–H groups in total. The summed E-state index contributed by atoms with van der Waals surface area (Å²) in [5.74, 6) is 0.611. The van der Waals surface area contributed by atoms with Crippen LogP contribution in [0.25, 0.3) is 0 Å². The minimum absolute atomic E-state index is 0.0352. The SMILES string of the molecule is O=C1c2ccccc2C(Nc2ccc(Cl)cn2)N1Cc1ccccc1Cl. The van der Waals surface area contributed by atoms with Crippen LogP contribution in [0.5, 0.6) is 0 Å². The van der Waals surface area contributed by atoms with Gasteiger partial charge in [-0.2, -0.15) is 0 Å². The highest BCUT2D eigenvalue weighted by atomic mass is 35.5. The minimum atomic E-state index is -0.330. The van der Waals surface area contributed by atoms with E-state index in [1.54, 1.807) is 23.2 Å². The molecule has 0 saturated carbocycles. The molecule has 2 heterocycles. The van der Waals surface area contributed by atoms with Crippen LogP contribution < -0.4 is 5.32 Å². The number of nitrogens with one attached hydrogen (secondary N) is 1. The molecule has 1 amide bonds. The van der Waals surface area contributed by atoms with Gasteiger partial charge in [0, 0.05) is 28.9 Å². The number of rotatable bonds is 4. The summed E-state index contributed by atoms with van der Waals surface area (Å²) in [7, 11) is 0. The lowest BCUT2D eigenvalue weighted by molar-refractivity contribution is 0.0728. The molecule has 0 radical (unpaired) electrons. The molecule has 130 valence electrons. The summed E-state index contributed by atoms with van der Waals surface area (Å²) >= 11 is 12.2. The summed E-state index contributed by atoms with van der Waals surface area (Å²) in [5, 5.41) is 4.54. The summed E-state index contributed by atoms with van der Waals surface area (Å²) in [4.78, 5) is 19.0. The number of amides is 1. The van der Waals surface area contributed by atoms with E-state index < -0.39 is 0 Å². The van der Waals surface area contributed by atoms with Crippen LogP contribution in [0.15, 0.2) is 66.9 Å². The van der Waals surface area contributed by atoms with Crippen molar-refractivity contribution >= 4 is 34.9 Å². The van der Waals surface area contributed by atoms with Crippen LogP contribution in [0.1, 0.15) is 27.7 Å². The molecular formula is C20H15Cl2N3O. The Labute approximate surface area is 161 Å². The predicted molar refractivity (Wildman–Crippen MR) is 103 cm³/mol. The van der Waals surface area contributed by atoms with Crippen molar-refractivity contribution < 1.29 is 4.79 Å². The first-order valence-corrected chi connectivity index (χ1v) is 8.90. The normalized spacial score (nSPS) is 15.8. The van der Waals surface area contributed by atoms with Gasteiger partial charge >= 0.3 is 0 Å². The molecule has 0 bridgehead atoms. The highest BCUT2D eigenvalue weighted by molar-refractivity contribution is 6.31. The Morgan fingerprint density at radius 2 is 1.77 bits per heavy atom. The molecule has 0 fully saturated rings. The van der Waals surface area contributed by atoms with Gasteiger partial charge in [0.1, 0.15) is 12.0 Å². The molecule has 1 aromatic heterocycles. The van der Waals surface area contributed by atoms with Gasteiger partial charge in [-0.25, -0.2) is 4.98 Å². The highest BCUT2D eigenvalue weighted by Gasteiger charge is 2.36. The fourth-order valence-corrected chi connectivity index (χ4v) is 3.41. The third kappa shape index (κ3) is 3.14. The molecule has 4 nitrogen and oxygen atoms in total. The fourth-order valence-electron chi connectivity index (χ4n) is 3.10. The lowest BCUT2D eigenvalue weighted by Crippen LogP contribution is -2.32. The summed E-state index contributed by atoms with van der Waals surface area (Å²) in [6.45, 7) is 0.401. The van der Waals surface area contributed by atoms with Gasteiger partial charge in [-0.3, -0.25) is 4.79 Å². The number of carbonyl (C=O) groups excluding carboxylic acids is 1. The van der Waals surface area contributed by atoms with Crippen molar-refractivity contribution in [2.75, 3.05) is 5.32 Å². The Kier molecular flexibility index (Phi) is 4.53. The van der Waals surface area contributed by atoms with E-state index in [1.165, 1.54) is 0 Å². The highest BCUT2D eigenvalue weighted by Crippen LogP contribution is 2.36. The zero-order valence-corrected chi connectivity index (χ0v) is 15.2. The molecule has 0 spiro atoms. The maximum absolute atomic E-state index is 13.0. The van der Waals surface area contributed by atoms with E-state index in [2.05, 4.69) is 10.3 Å². The van der Waals surface area contributed by atoms with Crippen molar-refractivity contribution in [2.24, 2.45) is 0 Å². The molecular weight excluding hydrogens is 369 g/mol. The molecule has 1 aliphatic heterocycles. The van der Waals surface area contributed by atoms with Crippen LogP contribution in [-0.2, 0) is 6.54 Å². The third-order valence-corrected chi connectivity index (χ3v) is 4.96. The van der Waals surface area contributed by atoms with Gasteiger partial charge in [0.05, 0.1) is 5.02 Å². The Balaban J connectivity index is 1.70. The third-order valence-electron chi connectivity index (χ3n) is 4.37. The smallest absolute Gasteiger partial charge is 0.256 e. The van der Waals surface area contributed by atoms with Gasteiger partial charge in [-0.05, 0) is 29.8 Å². The van der Waals surface area contributed by atoms with Crippen molar-refractivity contribution in [3.63, 3.8) is 0 Å². The van der Waals surface area contributed by atoms with E-state index in [9.17, 15) is 4.79 Å². The molecule has 0 saturated heterocycles.